The first-order chi connectivity index (χ1) is 12.6. The van der Waals surface area contributed by atoms with Gasteiger partial charge in [0.15, 0.2) is 18.3 Å². The molecule has 146 valence electrons. The molecule has 0 saturated heterocycles. The Morgan fingerprint density at radius 2 is 1.85 bits per heavy atom. The maximum atomic E-state index is 14.5. The van der Waals surface area contributed by atoms with Crippen LogP contribution in [0.25, 0.3) is 0 Å². The quantitative estimate of drug-likeness (QED) is 0.350. The second kappa shape index (κ2) is 8.75. The number of nitrogens with zero attached hydrogens (tertiary/aromatic N) is 1. The Balaban J connectivity index is 2.50. The lowest BCUT2D eigenvalue weighted by molar-refractivity contribution is 0.0465. The molecule has 0 fully saturated rings. The van der Waals surface area contributed by atoms with Crippen LogP contribution in [0.1, 0.15) is 36.7 Å². The minimum absolute atomic E-state index is 0.0917. The summed E-state index contributed by atoms with van der Waals surface area (Å²) in [5.74, 6) is -3.07. The van der Waals surface area contributed by atoms with Crippen LogP contribution in [-0.4, -0.2) is 31.3 Å². The van der Waals surface area contributed by atoms with E-state index >= 15 is 0 Å². The summed E-state index contributed by atoms with van der Waals surface area (Å²) in [6, 6.07) is 5.15. The van der Waals surface area contributed by atoms with Crippen LogP contribution in [-0.2, 0) is 4.74 Å². The van der Waals surface area contributed by atoms with E-state index in [9.17, 15) is 13.6 Å². The molecule has 0 atom stereocenters. The normalized spacial score (nSPS) is 11.4. The predicted octanol–water partition coefficient (Wildman–Crippen LogP) is 4.76. The van der Waals surface area contributed by atoms with E-state index < -0.39 is 23.3 Å². The minimum atomic E-state index is -1.04. The zero-order valence-corrected chi connectivity index (χ0v) is 17.0. The van der Waals surface area contributed by atoms with Crippen LogP contribution < -0.4 is 9.47 Å². The Morgan fingerprint density at radius 1 is 1.15 bits per heavy atom. The van der Waals surface area contributed by atoms with Gasteiger partial charge in [0.25, 0.3) is 5.95 Å². The van der Waals surface area contributed by atoms with Gasteiger partial charge >= 0.3 is 0 Å². The lowest BCUT2D eigenvalue weighted by Gasteiger charge is -2.19. The van der Waals surface area contributed by atoms with Crippen molar-refractivity contribution in [2.24, 2.45) is 5.41 Å². The number of ether oxygens (including phenoxy) is 3. The molecule has 5 nitrogen and oxygen atoms in total. The van der Waals surface area contributed by atoms with Gasteiger partial charge in [0.1, 0.15) is 5.82 Å². The maximum absolute atomic E-state index is 14.5. The van der Waals surface area contributed by atoms with Crippen LogP contribution in [0.3, 0.4) is 0 Å². The topological polar surface area (TPSA) is 57.7 Å². The van der Waals surface area contributed by atoms with Gasteiger partial charge in [-0.2, -0.15) is 9.37 Å². The van der Waals surface area contributed by atoms with Gasteiger partial charge in [-0.1, -0.05) is 36.7 Å². The van der Waals surface area contributed by atoms with Gasteiger partial charge in [0.2, 0.25) is 5.88 Å². The fourth-order valence-electron chi connectivity index (χ4n) is 2.08. The number of benzene rings is 1. The van der Waals surface area contributed by atoms with Crippen molar-refractivity contribution in [1.29, 1.82) is 0 Å². The summed E-state index contributed by atoms with van der Waals surface area (Å²) in [5.41, 5.74) is -0.649. The Kier molecular flexibility index (Phi) is 6.89. The van der Waals surface area contributed by atoms with E-state index in [1.807, 2.05) is 20.8 Å². The summed E-state index contributed by atoms with van der Waals surface area (Å²) in [6.45, 7) is 5.74. The molecule has 2 aromatic rings. The van der Waals surface area contributed by atoms with Crippen molar-refractivity contribution in [3.8, 4) is 11.6 Å². The number of hydrogen-bond donors (Lipinski definition) is 0. The number of ketones is 1. The van der Waals surface area contributed by atoms with E-state index in [0.29, 0.717) is 4.47 Å². The number of hydrogen-bond acceptors (Lipinski definition) is 5. The van der Waals surface area contributed by atoms with Gasteiger partial charge in [0.05, 0.1) is 17.7 Å². The van der Waals surface area contributed by atoms with Crippen molar-refractivity contribution >= 4 is 21.7 Å². The number of pyridine rings is 1. The zero-order chi connectivity index (χ0) is 20.2. The molecule has 0 aliphatic heterocycles. The first-order valence-corrected chi connectivity index (χ1v) is 8.86. The fourth-order valence-corrected chi connectivity index (χ4v) is 2.45. The lowest BCUT2D eigenvalue weighted by atomic mass is 9.99. The smallest absolute Gasteiger partial charge is 0.259 e. The molecule has 8 heteroatoms. The van der Waals surface area contributed by atoms with Crippen molar-refractivity contribution in [2.45, 2.75) is 20.8 Å². The van der Waals surface area contributed by atoms with Crippen molar-refractivity contribution in [3.05, 3.63) is 51.6 Å². The van der Waals surface area contributed by atoms with E-state index in [0.717, 1.165) is 6.07 Å². The number of halogens is 3. The summed E-state index contributed by atoms with van der Waals surface area (Å²) < 4.78 is 44.6. The average Bonchev–Trinajstić information content (AvgIpc) is 2.59. The Labute approximate surface area is 164 Å². The molecule has 0 N–H and O–H groups in total. The van der Waals surface area contributed by atoms with E-state index in [4.69, 9.17) is 14.2 Å². The first kappa shape index (κ1) is 21.2. The Bertz CT molecular complexity index is 837. The third kappa shape index (κ3) is 5.71. The molecule has 2 rings (SSSR count). The second-order valence-corrected chi connectivity index (χ2v) is 7.90. The van der Waals surface area contributed by atoms with Gasteiger partial charge in [-0.05, 0) is 23.6 Å². The van der Waals surface area contributed by atoms with Crippen molar-refractivity contribution in [3.63, 3.8) is 0 Å². The van der Waals surface area contributed by atoms with Gasteiger partial charge in [-0.25, -0.2) is 4.39 Å². The number of carbonyl (C=O) groups excluding carboxylic acids is 1. The van der Waals surface area contributed by atoms with Gasteiger partial charge in [-0.3, -0.25) is 4.79 Å². The zero-order valence-electron chi connectivity index (χ0n) is 15.4. The molecule has 0 radical (unpaired) electrons. The van der Waals surface area contributed by atoms with Crippen LogP contribution in [0, 0.1) is 17.2 Å². The number of rotatable bonds is 7. The molecule has 1 heterocycles. The highest BCUT2D eigenvalue weighted by Crippen LogP contribution is 2.30. The highest BCUT2D eigenvalue weighted by atomic mass is 79.9. The fraction of sp³-hybridized carbons (Fsp3) is 0.368. The molecule has 0 aliphatic carbocycles. The van der Waals surface area contributed by atoms with Gasteiger partial charge < -0.3 is 14.2 Å². The molecule has 0 bridgehead atoms. The molecule has 0 amide bonds. The first-order valence-electron chi connectivity index (χ1n) is 8.07. The number of aromatic nitrogens is 1. The van der Waals surface area contributed by atoms with E-state index in [1.54, 1.807) is 0 Å². The highest BCUT2D eigenvalue weighted by Gasteiger charge is 2.25. The van der Waals surface area contributed by atoms with Gasteiger partial charge in [-0.15, -0.1) is 0 Å². The van der Waals surface area contributed by atoms with Gasteiger partial charge in [0, 0.05) is 17.6 Å². The van der Waals surface area contributed by atoms with Crippen molar-refractivity contribution in [2.75, 3.05) is 20.5 Å². The monoisotopic (exact) mass is 443 g/mol. The van der Waals surface area contributed by atoms with Crippen LogP contribution in [0.2, 0.25) is 0 Å². The van der Waals surface area contributed by atoms with Crippen LogP contribution >= 0.6 is 15.9 Å². The molecule has 1 aromatic carbocycles. The van der Waals surface area contributed by atoms with Crippen LogP contribution in [0.4, 0.5) is 8.78 Å². The minimum Gasteiger partial charge on any atom is -0.477 e. The standard InChI is InChI=1S/C19H20BrF2NO4/c1-19(2,3)9-26-15-8-13(17(18(22)23-15)27-10-25-4)16(24)12-7-11(20)5-6-14(12)21/h5-8H,9-10H2,1-4H3. The third-order valence-electron chi connectivity index (χ3n) is 3.30. The molecule has 0 saturated carbocycles. The molecule has 0 spiro atoms. The molecule has 27 heavy (non-hydrogen) atoms. The Morgan fingerprint density at radius 3 is 2.48 bits per heavy atom. The van der Waals surface area contributed by atoms with Crippen LogP contribution in [0.15, 0.2) is 28.7 Å². The number of carbonyl (C=O) groups is 1. The van der Waals surface area contributed by atoms with Crippen molar-refractivity contribution < 1.29 is 27.8 Å². The Hall–Kier alpha value is -2.06. The lowest BCUT2D eigenvalue weighted by Crippen LogP contribution is -2.18. The predicted molar refractivity (Wildman–Crippen MR) is 99.2 cm³/mol. The summed E-state index contributed by atoms with van der Waals surface area (Å²) in [7, 11) is 1.35. The number of methoxy groups -OCH3 is 1. The molecule has 0 unspecified atom stereocenters. The van der Waals surface area contributed by atoms with E-state index in [-0.39, 0.29) is 35.8 Å². The van der Waals surface area contributed by atoms with E-state index in [2.05, 4.69) is 20.9 Å². The SMILES string of the molecule is COCOc1c(C(=O)c2cc(Br)ccc2F)cc(OCC(C)(C)C)nc1F. The maximum Gasteiger partial charge on any atom is 0.259 e. The third-order valence-corrected chi connectivity index (χ3v) is 3.79. The summed E-state index contributed by atoms with van der Waals surface area (Å²) in [5, 5.41) is 0. The largest absolute Gasteiger partial charge is 0.477 e. The van der Waals surface area contributed by atoms with Crippen LogP contribution in [0.5, 0.6) is 11.6 Å². The molecule has 1 aromatic heterocycles. The van der Waals surface area contributed by atoms with Crippen molar-refractivity contribution in [1.82, 2.24) is 4.98 Å². The summed E-state index contributed by atoms with van der Waals surface area (Å²) in [6.07, 6.45) is 0. The average molecular weight is 444 g/mol. The molecular weight excluding hydrogens is 424 g/mol. The summed E-state index contributed by atoms with van der Waals surface area (Å²) >= 11 is 3.19. The van der Waals surface area contributed by atoms with E-state index in [1.165, 1.54) is 25.3 Å². The highest BCUT2D eigenvalue weighted by molar-refractivity contribution is 9.10. The molecule has 0 aliphatic rings. The molecular formula is C19H20BrF2NO4. The second-order valence-electron chi connectivity index (χ2n) is 6.98. The summed E-state index contributed by atoms with van der Waals surface area (Å²) in [4.78, 5) is 16.6.